The normalized spacial score (nSPS) is 13.7. The molecule has 112 valence electrons. The number of nitrogens with one attached hydrogen (secondary N) is 1. The molecule has 1 heterocycles. The average Bonchev–Trinajstić information content (AvgIpc) is 2.66. The van der Waals surface area contributed by atoms with Crippen LogP contribution >= 0.6 is 27.5 Å². The van der Waals surface area contributed by atoms with Gasteiger partial charge in [-0.2, -0.15) is 0 Å². The van der Waals surface area contributed by atoms with E-state index in [4.69, 9.17) is 16.3 Å². The van der Waals surface area contributed by atoms with E-state index in [-0.39, 0.29) is 18.4 Å². The van der Waals surface area contributed by atoms with E-state index in [1.165, 1.54) is 0 Å². The molecule has 1 aliphatic heterocycles. The molecule has 2 amide bonds. The number of rotatable bonds is 3. The van der Waals surface area contributed by atoms with Crippen molar-refractivity contribution in [1.82, 2.24) is 10.2 Å². The lowest BCUT2D eigenvalue weighted by molar-refractivity contribution is -0.132. The molecule has 1 aromatic carbocycles. The zero-order chi connectivity index (χ0) is 15.4. The van der Waals surface area contributed by atoms with E-state index in [9.17, 15) is 9.59 Å². The summed E-state index contributed by atoms with van der Waals surface area (Å²) in [5.74, 6) is 0.0450. The highest BCUT2D eigenvalue weighted by Gasteiger charge is 2.22. The molecule has 0 bridgehead atoms. The first-order valence-corrected chi connectivity index (χ1v) is 7.47. The second-order valence-corrected chi connectivity index (χ2v) is 5.78. The van der Waals surface area contributed by atoms with E-state index >= 15 is 0 Å². The van der Waals surface area contributed by atoms with Crippen molar-refractivity contribution in [2.75, 3.05) is 19.7 Å². The quantitative estimate of drug-likeness (QED) is 0.826. The smallest absolute Gasteiger partial charge is 0.243 e. The molecule has 0 saturated carbocycles. The highest BCUT2D eigenvalue weighted by molar-refractivity contribution is 9.10. The molecule has 0 spiro atoms. The number of nitrogens with zero attached hydrogens (tertiary/aromatic N) is 1. The minimum Gasteiger partial charge on any atom is -0.490 e. The zero-order valence-corrected chi connectivity index (χ0v) is 13.5. The van der Waals surface area contributed by atoms with Gasteiger partial charge < -0.3 is 15.0 Å². The third kappa shape index (κ3) is 3.98. The molecule has 2 rings (SSSR count). The van der Waals surface area contributed by atoms with E-state index in [0.717, 1.165) is 16.1 Å². The van der Waals surface area contributed by atoms with Crippen LogP contribution in [0.5, 0.6) is 5.75 Å². The van der Waals surface area contributed by atoms with Gasteiger partial charge in [-0.1, -0.05) is 34.1 Å². The van der Waals surface area contributed by atoms with Crippen LogP contribution < -0.4 is 10.1 Å². The van der Waals surface area contributed by atoms with Crippen molar-refractivity contribution in [3.8, 4) is 5.75 Å². The lowest BCUT2D eigenvalue weighted by Crippen LogP contribution is -2.40. The van der Waals surface area contributed by atoms with Gasteiger partial charge in [0.05, 0.1) is 18.1 Å². The Morgan fingerprint density at radius 2 is 2.29 bits per heavy atom. The molecule has 0 saturated heterocycles. The van der Waals surface area contributed by atoms with Crippen LogP contribution in [0.4, 0.5) is 0 Å². The molecule has 7 heteroatoms. The van der Waals surface area contributed by atoms with E-state index in [1.54, 1.807) is 11.0 Å². The molecule has 0 aliphatic carbocycles. The number of ether oxygens (including phenoxy) is 1. The topological polar surface area (TPSA) is 58.6 Å². The Balaban J connectivity index is 2.11. The van der Waals surface area contributed by atoms with Crippen LogP contribution in [0.15, 0.2) is 29.3 Å². The van der Waals surface area contributed by atoms with Gasteiger partial charge in [0.25, 0.3) is 0 Å². The lowest BCUT2D eigenvalue weighted by atomic mass is 10.2. The summed E-state index contributed by atoms with van der Waals surface area (Å²) < 4.78 is 6.43. The van der Waals surface area contributed by atoms with Gasteiger partial charge in [-0.25, -0.2) is 0 Å². The molecule has 1 aromatic rings. The Labute approximate surface area is 136 Å². The summed E-state index contributed by atoms with van der Waals surface area (Å²) >= 11 is 9.51. The standard InChI is InChI=1S/C14H14BrClN2O3/c1-2-12(19)17-7-13(20)18-3-4-21-14-9(8-18)5-10(15)6-11(14)16/h2,5-6H,1,3-4,7-8H2,(H,17,19). The van der Waals surface area contributed by atoms with Crippen molar-refractivity contribution < 1.29 is 14.3 Å². The fourth-order valence-electron chi connectivity index (χ4n) is 1.99. The van der Waals surface area contributed by atoms with Crippen molar-refractivity contribution >= 4 is 39.3 Å². The fourth-order valence-corrected chi connectivity index (χ4v) is 2.93. The van der Waals surface area contributed by atoms with E-state index < -0.39 is 0 Å². The molecule has 0 atom stereocenters. The second-order valence-electron chi connectivity index (χ2n) is 4.46. The number of fused-ring (bicyclic) bond motifs is 1. The van der Waals surface area contributed by atoms with Gasteiger partial charge in [0.15, 0.2) is 0 Å². The van der Waals surface area contributed by atoms with Gasteiger partial charge >= 0.3 is 0 Å². The molecule has 0 unspecified atom stereocenters. The first-order valence-electron chi connectivity index (χ1n) is 6.30. The van der Waals surface area contributed by atoms with Crippen molar-refractivity contribution in [3.63, 3.8) is 0 Å². The summed E-state index contributed by atoms with van der Waals surface area (Å²) in [5, 5.41) is 2.98. The minimum atomic E-state index is -0.374. The summed E-state index contributed by atoms with van der Waals surface area (Å²) in [7, 11) is 0. The maximum absolute atomic E-state index is 12.1. The lowest BCUT2D eigenvalue weighted by Gasteiger charge is -2.20. The number of benzene rings is 1. The van der Waals surface area contributed by atoms with E-state index in [0.29, 0.717) is 30.5 Å². The number of hydrogen-bond donors (Lipinski definition) is 1. The minimum absolute atomic E-state index is 0.0675. The number of halogens is 2. The van der Waals surface area contributed by atoms with Gasteiger partial charge in [-0.05, 0) is 18.2 Å². The Kier molecular flexibility index (Phi) is 5.25. The molecular weight excluding hydrogens is 360 g/mol. The van der Waals surface area contributed by atoms with Gasteiger partial charge in [0, 0.05) is 16.6 Å². The van der Waals surface area contributed by atoms with Crippen LogP contribution in [0, 0.1) is 0 Å². The Hall–Kier alpha value is -1.53. The Morgan fingerprint density at radius 1 is 1.52 bits per heavy atom. The Morgan fingerprint density at radius 3 is 3.00 bits per heavy atom. The summed E-state index contributed by atoms with van der Waals surface area (Å²) in [6.45, 7) is 4.45. The highest BCUT2D eigenvalue weighted by Crippen LogP contribution is 2.34. The molecule has 0 radical (unpaired) electrons. The largest absolute Gasteiger partial charge is 0.490 e. The van der Waals surface area contributed by atoms with Crippen molar-refractivity contribution in [2.24, 2.45) is 0 Å². The molecule has 1 aliphatic rings. The average molecular weight is 374 g/mol. The third-order valence-corrected chi connectivity index (χ3v) is 3.74. The molecule has 5 nitrogen and oxygen atoms in total. The maximum atomic E-state index is 12.1. The van der Waals surface area contributed by atoms with Crippen LogP contribution in [0.25, 0.3) is 0 Å². The summed E-state index contributed by atoms with van der Waals surface area (Å²) in [4.78, 5) is 24.9. The van der Waals surface area contributed by atoms with Crippen LogP contribution in [-0.4, -0.2) is 36.4 Å². The fraction of sp³-hybridized carbons (Fsp3) is 0.286. The summed E-state index contributed by atoms with van der Waals surface area (Å²) in [5.41, 5.74) is 0.829. The van der Waals surface area contributed by atoms with Gasteiger partial charge in [-0.3, -0.25) is 9.59 Å². The monoisotopic (exact) mass is 372 g/mol. The predicted octanol–water partition coefficient (Wildman–Crippen LogP) is 2.13. The number of carbonyl (C=O) groups is 2. The second kappa shape index (κ2) is 6.95. The zero-order valence-electron chi connectivity index (χ0n) is 11.2. The van der Waals surface area contributed by atoms with Crippen molar-refractivity contribution in [1.29, 1.82) is 0 Å². The van der Waals surface area contributed by atoms with Crippen LogP contribution in [0.3, 0.4) is 0 Å². The molecule has 1 N–H and O–H groups in total. The van der Waals surface area contributed by atoms with Crippen molar-refractivity contribution in [2.45, 2.75) is 6.54 Å². The highest BCUT2D eigenvalue weighted by atomic mass is 79.9. The molecular formula is C14H14BrClN2O3. The molecule has 0 fully saturated rings. The summed E-state index contributed by atoms with van der Waals surface area (Å²) in [6, 6.07) is 3.62. The van der Waals surface area contributed by atoms with Crippen LogP contribution in [0.2, 0.25) is 5.02 Å². The number of hydrogen-bond acceptors (Lipinski definition) is 3. The molecule has 0 aromatic heterocycles. The van der Waals surface area contributed by atoms with E-state index in [1.807, 2.05) is 6.07 Å². The first kappa shape index (κ1) is 15.9. The van der Waals surface area contributed by atoms with Gasteiger partial charge in [-0.15, -0.1) is 0 Å². The maximum Gasteiger partial charge on any atom is 0.243 e. The third-order valence-electron chi connectivity index (χ3n) is 3.01. The van der Waals surface area contributed by atoms with Crippen LogP contribution in [-0.2, 0) is 16.1 Å². The first-order chi connectivity index (χ1) is 10.0. The number of amides is 2. The van der Waals surface area contributed by atoms with E-state index in [2.05, 4.69) is 27.8 Å². The van der Waals surface area contributed by atoms with Gasteiger partial charge in [0.2, 0.25) is 11.8 Å². The molecule has 21 heavy (non-hydrogen) atoms. The summed E-state index contributed by atoms with van der Waals surface area (Å²) in [6.07, 6.45) is 1.13. The van der Waals surface area contributed by atoms with Crippen molar-refractivity contribution in [3.05, 3.63) is 39.8 Å². The predicted molar refractivity (Wildman–Crippen MR) is 83.3 cm³/mol. The van der Waals surface area contributed by atoms with Crippen LogP contribution in [0.1, 0.15) is 5.56 Å². The SMILES string of the molecule is C=CC(=O)NCC(=O)N1CCOc2c(Cl)cc(Br)cc2C1. The Bertz CT molecular complexity index is 592. The van der Waals surface area contributed by atoms with Gasteiger partial charge in [0.1, 0.15) is 12.4 Å². The number of carbonyl (C=O) groups excluding carboxylic acids is 2.